The zero-order valence-electron chi connectivity index (χ0n) is 7.73. The topological polar surface area (TPSA) is 26.0 Å². The maximum absolute atomic E-state index is 12.8. The Hall–Kier alpha value is -0.880. The van der Waals surface area contributed by atoms with Gasteiger partial charge in [0.05, 0.1) is 0 Å². The van der Waals surface area contributed by atoms with E-state index >= 15 is 0 Å². The molecule has 0 aliphatic carbocycles. The van der Waals surface area contributed by atoms with E-state index in [0.29, 0.717) is 0 Å². The third-order valence-corrected chi connectivity index (χ3v) is 2.25. The molecule has 1 rings (SSSR count). The van der Waals surface area contributed by atoms with E-state index in [2.05, 4.69) is 0 Å². The lowest BCUT2D eigenvalue weighted by Crippen LogP contribution is -2.45. The quantitative estimate of drug-likeness (QED) is 0.808. The minimum absolute atomic E-state index is 0.228. The molecule has 16 heavy (non-hydrogen) atoms. The fraction of sp³-hybridized carbons (Fsp3) is 0.333. The molecule has 0 saturated carbocycles. The second-order valence-electron chi connectivity index (χ2n) is 3.15. The molecule has 1 aromatic carbocycles. The average Bonchev–Trinajstić information content (AvgIpc) is 2.16. The molecular formula is C9H7ClF5N. The van der Waals surface area contributed by atoms with Gasteiger partial charge in [0.2, 0.25) is 0 Å². The van der Waals surface area contributed by atoms with Gasteiger partial charge in [-0.25, -0.2) is 0 Å². The van der Waals surface area contributed by atoms with Crippen molar-refractivity contribution in [2.45, 2.75) is 18.1 Å². The van der Waals surface area contributed by atoms with Gasteiger partial charge in [-0.3, -0.25) is 0 Å². The molecule has 90 valence electrons. The van der Waals surface area contributed by atoms with Crippen molar-refractivity contribution in [2.75, 3.05) is 0 Å². The van der Waals surface area contributed by atoms with Gasteiger partial charge in [-0.2, -0.15) is 22.0 Å². The predicted molar refractivity (Wildman–Crippen MR) is 49.4 cm³/mol. The minimum Gasteiger partial charge on any atom is -0.319 e. The minimum atomic E-state index is -5.67. The van der Waals surface area contributed by atoms with Crippen molar-refractivity contribution in [1.29, 1.82) is 0 Å². The first-order valence-electron chi connectivity index (χ1n) is 4.12. The van der Waals surface area contributed by atoms with Crippen molar-refractivity contribution in [1.82, 2.24) is 0 Å². The molecule has 0 spiro atoms. The van der Waals surface area contributed by atoms with E-state index in [4.69, 9.17) is 17.3 Å². The van der Waals surface area contributed by atoms with Crippen LogP contribution in [0.3, 0.4) is 0 Å². The summed E-state index contributed by atoms with van der Waals surface area (Å²) in [4.78, 5) is 0. The molecule has 2 N–H and O–H groups in total. The van der Waals surface area contributed by atoms with Crippen LogP contribution in [-0.2, 0) is 0 Å². The number of hydrogen-bond donors (Lipinski definition) is 1. The highest BCUT2D eigenvalue weighted by atomic mass is 35.5. The summed E-state index contributed by atoms with van der Waals surface area (Å²) < 4.78 is 61.6. The number of benzene rings is 1. The lowest BCUT2D eigenvalue weighted by molar-refractivity contribution is -0.291. The maximum atomic E-state index is 12.8. The molecule has 0 heterocycles. The van der Waals surface area contributed by atoms with E-state index in [1.807, 2.05) is 0 Å². The van der Waals surface area contributed by atoms with Crippen molar-refractivity contribution in [3.05, 3.63) is 34.9 Å². The molecule has 7 heteroatoms. The van der Waals surface area contributed by atoms with E-state index < -0.39 is 18.1 Å². The molecular weight excluding hydrogens is 253 g/mol. The Morgan fingerprint density at radius 3 is 1.81 bits per heavy atom. The zero-order valence-corrected chi connectivity index (χ0v) is 8.49. The summed E-state index contributed by atoms with van der Waals surface area (Å²) in [5.41, 5.74) is 4.57. The van der Waals surface area contributed by atoms with Crippen LogP contribution in [-0.4, -0.2) is 12.1 Å². The molecule has 0 bridgehead atoms. The van der Waals surface area contributed by atoms with Gasteiger partial charge in [0.15, 0.2) is 0 Å². The van der Waals surface area contributed by atoms with Gasteiger partial charge in [0.1, 0.15) is 6.04 Å². The van der Waals surface area contributed by atoms with Gasteiger partial charge < -0.3 is 5.73 Å². The van der Waals surface area contributed by atoms with Crippen LogP contribution in [0.25, 0.3) is 0 Å². The zero-order chi connectivity index (χ0) is 12.6. The van der Waals surface area contributed by atoms with Crippen LogP contribution in [0.2, 0.25) is 5.02 Å². The lowest BCUT2D eigenvalue weighted by Gasteiger charge is -2.25. The fourth-order valence-corrected chi connectivity index (χ4v) is 1.18. The molecule has 0 aliphatic rings. The van der Waals surface area contributed by atoms with Crippen LogP contribution in [0, 0.1) is 0 Å². The fourth-order valence-electron chi connectivity index (χ4n) is 1.06. The molecule has 0 amide bonds. The van der Waals surface area contributed by atoms with Gasteiger partial charge in [-0.1, -0.05) is 23.7 Å². The Kier molecular flexibility index (Phi) is 3.44. The molecule has 0 fully saturated rings. The molecule has 1 aromatic rings. The number of nitrogens with two attached hydrogens (primary N) is 1. The molecule has 0 aliphatic heterocycles. The first kappa shape index (κ1) is 13.2. The van der Waals surface area contributed by atoms with Gasteiger partial charge in [0.25, 0.3) is 0 Å². The largest absolute Gasteiger partial charge is 0.455 e. The molecule has 0 saturated heterocycles. The highest BCUT2D eigenvalue weighted by molar-refractivity contribution is 6.30. The molecule has 0 radical (unpaired) electrons. The van der Waals surface area contributed by atoms with Crippen molar-refractivity contribution in [2.24, 2.45) is 5.73 Å². The number of halogens is 6. The average molecular weight is 260 g/mol. The first-order valence-corrected chi connectivity index (χ1v) is 4.49. The van der Waals surface area contributed by atoms with Crippen LogP contribution in [0.5, 0.6) is 0 Å². The summed E-state index contributed by atoms with van der Waals surface area (Å²) in [6, 6.07) is 2.02. The van der Waals surface area contributed by atoms with Gasteiger partial charge in [-0.05, 0) is 17.7 Å². The van der Waals surface area contributed by atoms with E-state index in [9.17, 15) is 22.0 Å². The molecule has 1 nitrogen and oxygen atoms in total. The SMILES string of the molecule is N[C@H](c1ccc(Cl)cc1)C(F)(F)C(F)(F)F. The van der Waals surface area contributed by atoms with Crippen molar-refractivity contribution < 1.29 is 22.0 Å². The first-order chi connectivity index (χ1) is 7.16. The van der Waals surface area contributed by atoms with Crippen molar-refractivity contribution in [3.63, 3.8) is 0 Å². The summed E-state index contributed by atoms with van der Waals surface area (Å²) >= 11 is 5.47. The van der Waals surface area contributed by atoms with Crippen LogP contribution < -0.4 is 5.73 Å². The predicted octanol–water partition coefficient (Wildman–Crippen LogP) is 3.54. The van der Waals surface area contributed by atoms with Crippen LogP contribution in [0.15, 0.2) is 24.3 Å². The smallest absolute Gasteiger partial charge is 0.319 e. The summed E-state index contributed by atoms with van der Waals surface area (Å²) in [6.45, 7) is 0. The summed E-state index contributed by atoms with van der Waals surface area (Å²) in [7, 11) is 0. The van der Waals surface area contributed by atoms with Crippen molar-refractivity contribution >= 4 is 11.6 Å². The van der Waals surface area contributed by atoms with E-state index in [1.165, 1.54) is 12.1 Å². The third-order valence-electron chi connectivity index (χ3n) is 2.00. The highest BCUT2D eigenvalue weighted by Gasteiger charge is 2.61. The Balaban J connectivity index is 3.02. The van der Waals surface area contributed by atoms with Crippen LogP contribution in [0.4, 0.5) is 22.0 Å². The Morgan fingerprint density at radius 2 is 1.44 bits per heavy atom. The Morgan fingerprint density at radius 1 is 1.00 bits per heavy atom. The monoisotopic (exact) mass is 259 g/mol. The molecule has 0 unspecified atom stereocenters. The van der Waals surface area contributed by atoms with Crippen LogP contribution in [0.1, 0.15) is 11.6 Å². The Labute approximate surface area is 93.0 Å². The van der Waals surface area contributed by atoms with E-state index in [1.54, 1.807) is 0 Å². The number of hydrogen-bond acceptors (Lipinski definition) is 1. The maximum Gasteiger partial charge on any atom is 0.455 e. The summed E-state index contributed by atoms with van der Waals surface area (Å²) in [5, 5.41) is 0.228. The highest BCUT2D eigenvalue weighted by Crippen LogP contribution is 2.43. The van der Waals surface area contributed by atoms with E-state index in [0.717, 1.165) is 12.1 Å². The van der Waals surface area contributed by atoms with Gasteiger partial charge in [-0.15, -0.1) is 0 Å². The van der Waals surface area contributed by atoms with Crippen molar-refractivity contribution in [3.8, 4) is 0 Å². The Bertz CT molecular complexity index is 359. The van der Waals surface area contributed by atoms with E-state index in [-0.39, 0.29) is 10.6 Å². The van der Waals surface area contributed by atoms with Crippen LogP contribution >= 0.6 is 11.6 Å². The summed E-state index contributed by atoms with van der Waals surface area (Å²) in [5.74, 6) is -4.97. The standard InChI is InChI=1S/C9H7ClF5N/c10-6-3-1-5(2-4-6)7(16)8(11,12)9(13,14)15/h1-4,7H,16H2/t7-/m1/s1. The lowest BCUT2D eigenvalue weighted by atomic mass is 10.0. The van der Waals surface area contributed by atoms with Gasteiger partial charge in [0, 0.05) is 5.02 Å². The summed E-state index contributed by atoms with van der Waals surface area (Å²) in [6.07, 6.45) is -5.67. The normalized spacial score (nSPS) is 14.9. The number of alkyl halides is 5. The molecule has 0 aromatic heterocycles. The van der Waals surface area contributed by atoms with Gasteiger partial charge >= 0.3 is 12.1 Å². The second-order valence-corrected chi connectivity index (χ2v) is 3.59. The molecule has 1 atom stereocenters. The number of rotatable bonds is 2. The third kappa shape index (κ3) is 2.44. The second kappa shape index (κ2) is 4.18.